The van der Waals surface area contributed by atoms with E-state index in [4.69, 9.17) is 20.3 Å². The van der Waals surface area contributed by atoms with Gasteiger partial charge in [0.2, 0.25) is 0 Å². The number of para-hydroxylation sites is 1. The summed E-state index contributed by atoms with van der Waals surface area (Å²) in [5.74, 6) is 1.43. The second-order valence-corrected chi connectivity index (χ2v) is 6.28. The molecule has 0 heterocycles. The van der Waals surface area contributed by atoms with Crippen molar-refractivity contribution in [3.8, 4) is 23.0 Å². The molecule has 1 unspecified atom stereocenters. The highest BCUT2D eigenvalue weighted by Crippen LogP contribution is 2.27. The number of rotatable bonds is 8. The molecule has 0 fully saturated rings. The molecular weight excluding hydrogens is 358 g/mol. The molecule has 144 valence electrons. The molecule has 6 nitrogen and oxygen atoms in total. The molecule has 3 rings (SSSR count). The van der Waals surface area contributed by atoms with E-state index in [9.17, 15) is 9.90 Å². The summed E-state index contributed by atoms with van der Waals surface area (Å²) in [5, 5.41) is 18.2. The van der Waals surface area contributed by atoms with Crippen molar-refractivity contribution in [2.75, 3.05) is 0 Å². The monoisotopic (exact) mass is 379 g/mol. The van der Waals surface area contributed by atoms with E-state index in [0.29, 0.717) is 17.2 Å². The van der Waals surface area contributed by atoms with Crippen molar-refractivity contribution in [2.45, 2.75) is 18.6 Å². The van der Waals surface area contributed by atoms with Crippen LogP contribution in [0.25, 0.3) is 0 Å². The molecule has 0 aliphatic rings. The van der Waals surface area contributed by atoms with Gasteiger partial charge in [-0.3, -0.25) is 0 Å². The van der Waals surface area contributed by atoms with Gasteiger partial charge in [-0.2, -0.15) is 0 Å². The summed E-state index contributed by atoms with van der Waals surface area (Å²) < 4.78 is 11.5. The Hall–Kier alpha value is -3.35. The van der Waals surface area contributed by atoms with Crippen LogP contribution in [-0.2, 0) is 11.2 Å². The van der Waals surface area contributed by atoms with E-state index in [0.717, 1.165) is 11.3 Å². The third kappa shape index (κ3) is 5.33. The van der Waals surface area contributed by atoms with Crippen LogP contribution in [0.15, 0.2) is 78.9 Å². The first kappa shape index (κ1) is 19.4. The van der Waals surface area contributed by atoms with E-state index >= 15 is 0 Å². The van der Waals surface area contributed by atoms with Gasteiger partial charge in [0.05, 0.1) is 0 Å². The van der Waals surface area contributed by atoms with Crippen molar-refractivity contribution in [3.05, 3.63) is 84.4 Å². The normalized spacial score (nSPS) is 12.8. The summed E-state index contributed by atoms with van der Waals surface area (Å²) in [7, 11) is 0. The van der Waals surface area contributed by atoms with Gasteiger partial charge in [-0.15, -0.1) is 0 Å². The van der Waals surface area contributed by atoms with Crippen molar-refractivity contribution in [3.63, 3.8) is 0 Å². The van der Waals surface area contributed by atoms with Crippen LogP contribution < -0.4 is 15.2 Å². The fraction of sp³-hybridized carbons (Fsp3) is 0.136. The van der Waals surface area contributed by atoms with Gasteiger partial charge in [-0.05, 0) is 60.5 Å². The fourth-order valence-electron chi connectivity index (χ4n) is 2.60. The maximum atomic E-state index is 10.8. The number of ether oxygens (including phenoxy) is 2. The standard InChI is InChI=1S/C22H21NO5/c23-20(21(24)22(25)26)14-15-6-8-17(9-7-15)28-19-12-10-18(11-13-19)27-16-4-2-1-3-5-16/h1-13,20-21,24H,14,23H2,(H,25,26)/t20-,21?/m0/s1. The number of benzene rings is 3. The van der Waals surface area contributed by atoms with Gasteiger partial charge in [-0.1, -0.05) is 30.3 Å². The molecule has 28 heavy (non-hydrogen) atoms. The second kappa shape index (κ2) is 9.03. The fourth-order valence-corrected chi connectivity index (χ4v) is 2.60. The Balaban J connectivity index is 1.57. The molecule has 0 spiro atoms. The van der Waals surface area contributed by atoms with Crippen LogP contribution >= 0.6 is 0 Å². The first-order valence-electron chi connectivity index (χ1n) is 8.77. The average molecular weight is 379 g/mol. The van der Waals surface area contributed by atoms with Crippen LogP contribution in [0.3, 0.4) is 0 Å². The molecule has 0 aliphatic carbocycles. The molecule has 0 saturated heterocycles. The number of carboxylic acids is 1. The van der Waals surface area contributed by atoms with Gasteiger partial charge >= 0.3 is 5.97 Å². The smallest absolute Gasteiger partial charge is 0.334 e. The Bertz CT molecular complexity index is 894. The topological polar surface area (TPSA) is 102 Å². The highest BCUT2D eigenvalue weighted by molar-refractivity contribution is 5.72. The van der Waals surface area contributed by atoms with E-state index in [1.807, 2.05) is 54.6 Å². The summed E-state index contributed by atoms with van der Waals surface area (Å²) >= 11 is 0. The second-order valence-electron chi connectivity index (χ2n) is 6.28. The van der Waals surface area contributed by atoms with Crippen LogP contribution in [0, 0.1) is 0 Å². The first-order chi connectivity index (χ1) is 13.5. The van der Waals surface area contributed by atoms with Gasteiger partial charge in [0.1, 0.15) is 23.0 Å². The molecule has 0 saturated carbocycles. The minimum atomic E-state index is -1.59. The van der Waals surface area contributed by atoms with Crippen LogP contribution in [0.5, 0.6) is 23.0 Å². The van der Waals surface area contributed by atoms with Crippen molar-refractivity contribution in [1.82, 2.24) is 0 Å². The van der Waals surface area contributed by atoms with Crippen molar-refractivity contribution in [2.24, 2.45) is 5.73 Å². The van der Waals surface area contributed by atoms with E-state index in [1.54, 1.807) is 24.3 Å². The molecule has 3 aromatic carbocycles. The summed E-state index contributed by atoms with van der Waals surface area (Å²) in [4.78, 5) is 10.8. The van der Waals surface area contributed by atoms with Crippen molar-refractivity contribution < 1.29 is 24.5 Å². The largest absolute Gasteiger partial charge is 0.479 e. The molecule has 0 aliphatic heterocycles. The minimum Gasteiger partial charge on any atom is -0.479 e. The highest BCUT2D eigenvalue weighted by Gasteiger charge is 2.22. The zero-order valence-corrected chi connectivity index (χ0v) is 15.1. The van der Waals surface area contributed by atoms with E-state index in [1.165, 1.54) is 0 Å². The lowest BCUT2D eigenvalue weighted by Crippen LogP contribution is -2.41. The van der Waals surface area contributed by atoms with Gasteiger partial charge < -0.3 is 25.4 Å². The molecule has 6 heteroatoms. The summed E-state index contributed by atoms with van der Waals surface area (Å²) in [6, 6.07) is 23.0. The number of nitrogens with two attached hydrogens (primary N) is 1. The zero-order chi connectivity index (χ0) is 19.9. The number of aliphatic hydroxyl groups excluding tert-OH is 1. The molecule has 0 bridgehead atoms. The Morgan fingerprint density at radius 1 is 0.786 bits per heavy atom. The minimum absolute atomic E-state index is 0.249. The Morgan fingerprint density at radius 2 is 1.21 bits per heavy atom. The molecule has 0 amide bonds. The number of aliphatic hydroxyl groups is 1. The SMILES string of the molecule is N[C@@H](Cc1ccc(Oc2ccc(Oc3ccccc3)cc2)cc1)C(O)C(=O)O. The molecule has 3 aromatic rings. The summed E-state index contributed by atoms with van der Waals surface area (Å²) in [5.41, 5.74) is 6.52. The highest BCUT2D eigenvalue weighted by atomic mass is 16.5. The maximum Gasteiger partial charge on any atom is 0.334 e. The third-order valence-corrected chi connectivity index (χ3v) is 4.09. The lowest BCUT2D eigenvalue weighted by atomic mass is 10.0. The number of carboxylic acid groups (broad SMARTS) is 1. The Morgan fingerprint density at radius 3 is 1.68 bits per heavy atom. The van der Waals surface area contributed by atoms with Gasteiger partial charge in [0.25, 0.3) is 0 Å². The third-order valence-electron chi connectivity index (χ3n) is 4.09. The summed E-state index contributed by atoms with van der Waals surface area (Å²) in [6.45, 7) is 0. The quantitative estimate of drug-likeness (QED) is 0.553. The van der Waals surface area contributed by atoms with E-state index in [2.05, 4.69) is 0 Å². The van der Waals surface area contributed by atoms with Crippen LogP contribution in [0.2, 0.25) is 0 Å². The van der Waals surface area contributed by atoms with Gasteiger partial charge in [-0.25, -0.2) is 4.79 Å². The van der Waals surface area contributed by atoms with Gasteiger partial charge in [0, 0.05) is 6.04 Å². The van der Waals surface area contributed by atoms with Crippen LogP contribution in [0.1, 0.15) is 5.56 Å². The molecule has 0 aromatic heterocycles. The predicted molar refractivity (Wildman–Crippen MR) is 105 cm³/mol. The first-order valence-corrected chi connectivity index (χ1v) is 8.77. The number of hydrogen-bond acceptors (Lipinski definition) is 5. The predicted octanol–water partition coefficient (Wildman–Crippen LogP) is 3.59. The lowest BCUT2D eigenvalue weighted by Gasteiger charge is -2.15. The number of hydrogen-bond donors (Lipinski definition) is 3. The van der Waals surface area contributed by atoms with Crippen molar-refractivity contribution in [1.29, 1.82) is 0 Å². The van der Waals surface area contributed by atoms with Crippen LogP contribution in [-0.4, -0.2) is 28.3 Å². The maximum absolute atomic E-state index is 10.8. The average Bonchev–Trinajstić information content (AvgIpc) is 2.71. The molecule has 2 atom stereocenters. The van der Waals surface area contributed by atoms with Crippen molar-refractivity contribution >= 4 is 5.97 Å². The van der Waals surface area contributed by atoms with E-state index in [-0.39, 0.29) is 6.42 Å². The number of aliphatic carboxylic acids is 1. The van der Waals surface area contributed by atoms with Gasteiger partial charge in [0.15, 0.2) is 6.10 Å². The molecule has 0 radical (unpaired) electrons. The lowest BCUT2D eigenvalue weighted by molar-refractivity contribution is -0.147. The Kier molecular flexibility index (Phi) is 6.26. The molecular formula is C22H21NO5. The molecule has 4 N–H and O–H groups in total. The Labute approximate surface area is 162 Å². The summed E-state index contributed by atoms with van der Waals surface area (Å²) in [6.07, 6.45) is -1.34. The number of carbonyl (C=O) groups is 1. The van der Waals surface area contributed by atoms with Crippen LogP contribution in [0.4, 0.5) is 0 Å². The van der Waals surface area contributed by atoms with E-state index < -0.39 is 18.1 Å². The zero-order valence-electron chi connectivity index (χ0n) is 15.1.